The number of benzene rings is 2. The van der Waals surface area contributed by atoms with Gasteiger partial charge in [-0.1, -0.05) is 35.9 Å². The Kier molecular flexibility index (Phi) is 5.67. The van der Waals surface area contributed by atoms with Crippen LogP contribution in [-0.4, -0.2) is 22.5 Å². The monoisotopic (exact) mass is 334 g/mol. The number of amides is 1. The minimum atomic E-state index is -0.597. The second-order valence-electron chi connectivity index (χ2n) is 4.90. The summed E-state index contributed by atoms with van der Waals surface area (Å²) < 4.78 is 0. The molecule has 2 aromatic rings. The number of nitro groups is 1. The molecule has 1 amide bonds. The van der Waals surface area contributed by atoms with Gasteiger partial charge in [0.2, 0.25) is 0 Å². The summed E-state index contributed by atoms with van der Waals surface area (Å²) in [6.45, 7) is 0.420. The van der Waals surface area contributed by atoms with Crippen LogP contribution in [0.15, 0.2) is 42.5 Å². The number of aliphatic hydroxyl groups is 1. The van der Waals surface area contributed by atoms with Gasteiger partial charge in [-0.15, -0.1) is 0 Å². The third-order valence-electron chi connectivity index (χ3n) is 3.31. The Morgan fingerprint density at radius 2 is 1.83 bits per heavy atom. The second kappa shape index (κ2) is 7.71. The van der Waals surface area contributed by atoms with Crippen molar-refractivity contribution in [1.82, 2.24) is 5.32 Å². The van der Waals surface area contributed by atoms with Crippen LogP contribution in [0, 0.1) is 10.1 Å². The summed E-state index contributed by atoms with van der Waals surface area (Å²) in [6, 6.07) is 11.3. The van der Waals surface area contributed by atoms with Crippen LogP contribution in [0.25, 0.3) is 0 Å². The molecule has 0 aliphatic heterocycles. The lowest BCUT2D eigenvalue weighted by molar-refractivity contribution is -0.384. The first kappa shape index (κ1) is 16.9. The van der Waals surface area contributed by atoms with Crippen LogP contribution in [-0.2, 0) is 13.0 Å². The molecular formula is C16H15ClN2O4. The number of nitrogens with one attached hydrogen (secondary N) is 1. The molecule has 2 rings (SSSR count). The van der Waals surface area contributed by atoms with Gasteiger partial charge in [-0.2, -0.15) is 0 Å². The maximum absolute atomic E-state index is 12.0. The molecule has 2 aromatic carbocycles. The Labute approximate surface area is 137 Å². The molecule has 0 fully saturated rings. The SMILES string of the molecule is O=C(NCCc1ccc(CO)cc1)c1ccc([N+](=O)[O-])c(Cl)c1. The summed E-state index contributed by atoms with van der Waals surface area (Å²) >= 11 is 5.78. The standard InChI is InChI=1S/C16H15ClN2O4/c17-14-9-13(5-6-15(14)19(22)23)16(21)18-8-7-11-1-3-12(10-20)4-2-11/h1-6,9,20H,7-8,10H2,(H,18,21). The fourth-order valence-electron chi connectivity index (χ4n) is 2.03. The van der Waals surface area contributed by atoms with Crippen LogP contribution >= 0.6 is 11.6 Å². The van der Waals surface area contributed by atoms with Crippen molar-refractivity contribution < 1.29 is 14.8 Å². The zero-order valence-electron chi connectivity index (χ0n) is 12.2. The van der Waals surface area contributed by atoms with Crippen LogP contribution in [0.5, 0.6) is 0 Å². The Morgan fingerprint density at radius 1 is 1.17 bits per heavy atom. The molecule has 6 nitrogen and oxygen atoms in total. The maximum atomic E-state index is 12.0. The third-order valence-corrected chi connectivity index (χ3v) is 3.61. The van der Waals surface area contributed by atoms with Crippen molar-refractivity contribution in [2.45, 2.75) is 13.0 Å². The Morgan fingerprint density at radius 3 is 2.39 bits per heavy atom. The molecule has 2 N–H and O–H groups in total. The second-order valence-corrected chi connectivity index (χ2v) is 5.31. The number of nitrogens with zero attached hydrogens (tertiary/aromatic N) is 1. The molecule has 0 saturated carbocycles. The van der Waals surface area contributed by atoms with Crippen molar-refractivity contribution in [3.8, 4) is 0 Å². The number of hydrogen-bond acceptors (Lipinski definition) is 4. The fourth-order valence-corrected chi connectivity index (χ4v) is 2.28. The van der Waals surface area contributed by atoms with Gasteiger partial charge in [0.25, 0.3) is 11.6 Å². The summed E-state index contributed by atoms with van der Waals surface area (Å²) in [5.74, 6) is -0.339. The van der Waals surface area contributed by atoms with Crippen molar-refractivity contribution in [3.05, 3.63) is 74.3 Å². The number of aliphatic hydroxyl groups excluding tert-OH is 1. The van der Waals surface area contributed by atoms with E-state index in [9.17, 15) is 14.9 Å². The van der Waals surface area contributed by atoms with Crippen LogP contribution in [0.2, 0.25) is 5.02 Å². The van der Waals surface area contributed by atoms with Gasteiger partial charge >= 0.3 is 0 Å². The van der Waals surface area contributed by atoms with E-state index in [1.165, 1.54) is 18.2 Å². The number of carbonyl (C=O) groups is 1. The number of halogens is 1. The minimum Gasteiger partial charge on any atom is -0.392 e. The highest BCUT2D eigenvalue weighted by Gasteiger charge is 2.14. The van der Waals surface area contributed by atoms with Crippen molar-refractivity contribution >= 4 is 23.2 Å². The van der Waals surface area contributed by atoms with Gasteiger partial charge in [0.15, 0.2) is 0 Å². The molecular weight excluding hydrogens is 320 g/mol. The first-order valence-corrected chi connectivity index (χ1v) is 7.30. The van der Waals surface area contributed by atoms with E-state index in [0.29, 0.717) is 13.0 Å². The Bertz CT molecular complexity index is 717. The topological polar surface area (TPSA) is 92.5 Å². The lowest BCUT2D eigenvalue weighted by Crippen LogP contribution is -2.25. The van der Waals surface area contributed by atoms with Gasteiger partial charge in [0, 0.05) is 18.2 Å². The molecule has 0 aliphatic carbocycles. The van der Waals surface area contributed by atoms with E-state index in [-0.39, 0.29) is 28.8 Å². The molecule has 0 unspecified atom stereocenters. The molecule has 0 atom stereocenters. The van der Waals surface area contributed by atoms with E-state index in [4.69, 9.17) is 16.7 Å². The van der Waals surface area contributed by atoms with E-state index in [2.05, 4.69) is 5.32 Å². The predicted molar refractivity (Wildman–Crippen MR) is 86.5 cm³/mol. The smallest absolute Gasteiger partial charge is 0.287 e. The molecule has 0 bridgehead atoms. The van der Waals surface area contributed by atoms with Gasteiger partial charge in [0.05, 0.1) is 11.5 Å². The van der Waals surface area contributed by atoms with Crippen molar-refractivity contribution in [1.29, 1.82) is 0 Å². The maximum Gasteiger partial charge on any atom is 0.287 e. The lowest BCUT2D eigenvalue weighted by Gasteiger charge is -2.06. The number of carbonyl (C=O) groups excluding carboxylic acids is 1. The van der Waals surface area contributed by atoms with Gasteiger partial charge in [-0.05, 0) is 29.7 Å². The van der Waals surface area contributed by atoms with Crippen molar-refractivity contribution in [2.24, 2.45) is 0 Å². The zero-order valence-corrected chi connectivity index (χ0v) is 12.9. The highest BCUT2D eigenvalue weighted by atomic mass is 35.5. The van der Waals surface area contributed by atoms with E-state index in [0.717, 1.165) is 11.1 Å². The lowest BCUT2D eigenvalue weighted by atomic mass is 10.1. The molecule has 0 heterocycles. The van der Waals surface area contributed by atoms with Crippen molar-refractivity contribution in [2.75, 3.05) is 6.54 Å². The average Bonchev–Trinajstić information content (AvgIpc) is 2.55. The van der Waals surface area contributed by atoms with Crippen LogP contribution < -0.4 is 5.32 Å². The quantitative estimate of drug-likeness (QED) is 0.627. The molecule has 7 heteroatoms. The fraction of sp³-hybridized carbons (Fsp3) is 0.188. The zero-order chi connectivity index (χ0) is 16.8. The molecule has 0 aromatic heterocycles. The summed E-state index contributed by atoms with van der Waals surface area (Å²) in [4.78, 5) is 22.1. The highest BCUT2D eigenvalue weighted by molar-refractivity contribution is 6.33. The summed E-state index contributed by atoms with van der Waals surface area (Å²) in [5, 5.41) is 22.3. The van der Waals surface area contributed by atoms with Gasteiger partial charge in [0.1, 0.15) is 5.02 Å². The normalized spacial score (nSPS) is 10.3. The molecule has 0 aliphatic rings. The van der Waals surface area contributed by atoms with Crippen LogP contribution in [0.1, 0.15) is 21.5 Å². The molecule has 120 valence electrons. The number of hydrogen-bond donors (Lipinski definition) is 2. The summed E-state index contributed by atoms with van der Waals surface area (Å²) in [7, 11) is 0. The van der Waals surface area contributed by atoms with Gasteiger partial charge in [-0.25, -0.2) is 0 Å². The third kappa shape index (κ3) is 4.51. The van der Waals surface area contributed by atoms with E-state index in [1.807, 2.05) is 24.3 Å². The molecule has 0 spiro atoms. The molecule has 0 saturated heterocycles. The van der Waals surface area contributed by atoms with Gasteiger partial charge < -0.3 is 10.4 Å². The summed E-state index contributed by atoms with van der Waals surface area (Å²) in [6.07, 6.45) is 0.637. The minimum absolute atomic E-state index is 0.00206. The Balaban J connectivity index is 1.91. The average molecular weight is 335 g/mol. The number of nitro benzene ring substituents is 1. The predicted octanol–water partition coefficient (Wildman–Crippen LogP) is 2.71. The number of rotatable bonds is 6. The first-order valence-electron chi connectivity index (χ1n) is 6.92. The van der Waals surface area contributed by atoms with Crippen LogP contribution in [0.4, 0.5) is 5.69 Å². The van der Waals surface area contributed by atoms with Crippen molar-refractivity contribution in [3.63, 3.8) is 0 Å². The summed E-state index contributed by atoms with van der Waals surface area (Å²) in [5.41, 5.74) is 1.91. The first-order chi connectivity index (χ1) is 11.0. The molecule has 0 radical (unpaired) electrons. The largest absolute Gasteiger partial charge is 0.392 e. The molecule has 23 heavy (non-hydrogen) atoms. The van der Waals surface area contributed by atoms with E-state index < -0.39 is 4.92 Å². The van der Waals surface area contributed by atoms with E-state index >= 15 is 0 Å². The van der Waals surface area contributed by atoms with E-state index in [1.54, 1.807) is 0 Å². The van der Waals surface area contributed by atoms with Gasteiger partial charge in [-0.3, -0.25) is 14.9 Å². The Hall–Kier alpha value is -2.44. The highest BCUT2D eigenvalue weighted by Crippen LogP contribution is 2.24. The van der Waals surface area contributed by atoms with Crippen LogP contribution in [0.3, 0.4) is 0 Å².